The van der Waals surface area contributed by atoms with Gasteiger partial charge in [0.05, 0.1) is 5.02 Å². The Bertz CT molecular complexity index is 1060. The molecule has 1 aliphatic heterocycles. The van der Waals surface area contributed by atoms with Crippen LogP contribution in [0, 0.1) is 11.2 Å². The Labute approximate surface area is 205 Å². The second-order valence-corrected chi connectivity index (χ2v) is 10.2. The SMILES string of the molecule is CC(C)(C)CC1NC(C(=O)OCN)C(c2cccc(Cl)c2F)C1c1cnc(C(F)(F)F)cc1Cl. The van der Waals surface area contributed by atoms with Gasteiger partial charge in [0.1, 0.15) is 24.3 Å². The molecular weight excluding hydrogens is 497 g/mol. The quantitative estimate of drug-likeness (QED) is 0.302. The lowest BCUT2D eigenvalue weighted by atomic mass is 9.74. The van der Waals surface area contributed by atoms with Crippen LogP contribution in [0.25, 0.3) is 0 Å². The summed E-state index contributed by atoms with van der Waals surface area (Å²) in [4.78, 5) is 16.4. The molecule has 1 saturated heterocycles. The average molecular weight is 522 g/mol. The van der Waals surface area contributed by atoms with Gasteiger partial charge in [-0.15, -0.1) is 0 Å². The first-order valence-corrected chi connectivity index (χ1v) is 11.3. The zero-order chi connectivity index (χ0) is 25.4. The number of nitrogens with one attached hydrogen (secondary N) is 1. The Hall–Kier alpha value is -1.94. The van der Waals surface area contributed by atoms with Gasteiger partial charge in [-0.2, -0.15) is 13.2 Å². The lowest BCUT2D eigenvalue weighted by molar-refractivity contribution is -0.146. The summed E-state index contributed by atoms with van der Waals surface area (Å²) in [5.41, 5.74) is 4.35. The van der Waals surface area contributed by atoms with Crippen LogP contribution in [0.1, 0.15) is 55.8 Å². The van der Waals surface area contributed by atoms with Crippen LogP contribution in [-0.2, 0) is 15.7 Å². The minimum absolute atomic E-state index is 0.108. The first-order chi connectivity index (χ1) is 15.7. The third kappa shape index (κ3) is 5.64. The summed E-state index contributed by atoms with van der Waals surface area (Å²) < 4.78 is 59.8. The lowest BCUT2D eigenvalue weighted by Crippen LogP contribution is -2.41. The number of ether oxygens (including phenoxy) is 1. The molecule has 1 aromatic heterocycles. The molecule has 4 unspecified atom stereocenters. The van der Waals surface area contributed by atoms with Crippen molar-refractivity contribution >= 4 is 29.2 Å². The Balaban J connectivity index is 2.22. The molecule has 0 aliphatic carbocycles. The van der Waals surface area contributed by atoms with Gasteiger partial charge in [0, 0.05) is 29.1 Å². The molecule has 2 heterocycles. The highest BCUT2D eigenvalue weighted by molar-refractivity contribution is 6.31. The summed E-state index contributed by atoms with van der Waals surface area (Å²) in [5, 5.41) is 2.86. The van der Waals surface area contributed by atoms with Gasteiger partial charge in [0.15, 0.2) is 0 Å². The fraction of sp³-hybridized carbons (Fsp3) is 0.478. The molecule has 0 bridgehead atoms. The number of nitrogens with two attached hydrogens (primary N) is 1. The molecule has 1 aliphatic rings. The Morgan fingerprint density at radius 1 is 1.15 bits per heavy atom. The molecule has 1 aromatic carbocycles. The van der Waals surface area contributed by atoms with E-state index in [-0.39, 0.29) is 33.3 Å². The van der Waals surface area contributed by atoms with Crippen molar-refractivity contribution in [1.29, 1.82) is 0 Å². The molecule has 0 radical (unpaired) electrons. The van der Waals surface area contributed by atoms with E-state index in [1.54, 1.807) is 0 Å². The van der Waals surface area contributed by atoms with Crippen molar-refractivity contribution in [2.75, 3.05) is 6.73 Å². The second-order valence-electron chi connectivity index (χ2n) is 9.43. The molecule has 5 nitrogen and oxygen atoms in total. The van der Waals surface area contributed by atoms with Crippen LogP contribution in [0.15, 0.2) is 30.5 Å². The number of alkyl halides is 3. The summed E-state index contributed by atoms with van der Waals surface area (Å²) in [5.74, 6) is -3.07. The van der Waals surface area contributed by atoms with Gasteiger partial charge in [0.25, 0.3) is 0 Å². The number of nitrogens with zero attached hydrogens (tertiary/aromatic N) is 1. The number of pyridine rings is 1. The number of carbonyl (C=O) groups is 1. The third-order valence-electron chi connectivity index (χ3n) is 5.76. The van der Waals surface area contributed by atoms with Crippen LogP contribution < -0.4 is 11.1 Å². The molecule has 0 saturated carbocycles. The molecule has 3 rings (SSSR count). The smallest absolute Gasteiger partial charge is 0.433 e. The van der Waals surface area contributed by atoms with Crippen molar-refractivity contribution in [3.05, 3.63) is 63.1 Å². The zero-order valence-corrected chi connectivity index (χ0v) is 20.2. The van der Waals surface area contributed by atoms with Crippen LogP contribution >= 0.6 is 23.2 Å². The van der Waals surface area contributed by atoms with Crippen LogP contribution in [0.3, 0.4) is 0 Å². The predicted octanol–water partition coefficient (Wildman–Crippen LogP) is 5.65. The van der Waals surface area contributed by atoms with Crippen molar-refractivity contribution in [3.63, 3.8) is 0 Å². The van der Waals surface area contributed by atoms with Crippen molar-refractivity contribution in [1.82, 2.24) is 10.3 Å². The predicted molar refractivity (Wildman–Crippen MR) is 121 cm³/mol. The number of carbonyl (C=O) groups excluding carboxylic acids is 1. The van der Waals surface area contributed by atoms with E-state index in [1.165, 1.54) is 18.2 Å². The van der Waals surface area contributed by atoms with E-state index in [0.29, 0.717) is 6.42 Å². The van der Waals surface area contributed by atoms with Gasteiger partial charge in [-0.05, 0) is 35.1 Å². The maximum Gasteiger partial charge on any atom is 0.433 e. The molecule has 0 spiro atoms. The van der Waals surface area contributed by atoms with Gasteiger partial charge >= 0.3 is 12.1 Å². The topological polar surface area (TPSA) is 77.2 Å². The number of hydrogen-bond acceptors (Lipinski definition) is 5. The molecule has 34 heavy (non-hydrogen) atoms. The summed E-state index contributed by atoms with van der Waals surface area (Å²) in [6, 6.07) is 3.59. The van der Waals surface area contributed by atoms with Gasteiger partial charge in [-0.25, -0.2) is 4.39 Å². The minimum Gasteiger partial charge on any atom is -0.449 e. The van der Waals surface area contributed by atoms with Gasteiger partial charge in [-0.1, -0.05) is 56.1 Å². The minimum atomic E-state index is -4.69. The highest BCUT2D eigenvalue weighted by Crippen LogP contribution is 2.49. The molecule has 0 amide bonds. The summed E-state index contributed by atoms with van der Waals surface area (Å²) in [6.07, 6.45) is -3.16. The Kier molecular flexibility index (Phi) is 7.82. The fourth-order valence-corrected chi connectivity index (χ4v) is 4.99. The zero-order valence-electron chi connectivity index (χ0n) is 18.7. The van der Waals surface area contributed by atoms with E-state index in [1.807, 2.05) is 20.8 Å². The van der Waals surface area contributed by atoms with E-state index >= 15 is 4.39 Å². The maximum absolute atomic E-state index is 15.2. The first-order valence-electron chi connectivity index (χ1n) is 10.5. The Morgan fingerprint density at radius 3 is 2.38 bits per heavy atom. The first kappa shape index (κ1) is 26.7. The van der Waals surface area contributed by atoms with Gasteiger partial charge < -0.3 is 10.1 Å². The number of benzene rings is 1. The summed E-state index contributed by atoms with van der Waals surface area (Å²) >= 11 is 12.4. The van der Waals surface area contributed by atoms with Crippen molar-refractivity contribution in [2.24, 2.45) is 11.1 Å². The second kappa shape index (κ2) is 9.97. The Morgan fingerprint density at radius 2 is 1.82 bits per heavy atom. The standard InChI is InChI=1S/C23H25Cl2F4N3O2/c1-22(2,3)8-15-17(12-9-31-16(7-14(12)25)23(27,28)29)18(20(32-15)21(33)34-10-30)11-5-4-6-13(24)19(11)26/h4-7,9,15,17-18,20,32H,8,10,30H2,1-3H3. The largest absolute Gasteiger partial charge is 0.449 e. The van der Waals surface area contributed by atoms with E-state index in [2.05, 4.69) is 10.3 Å². The van der Waals surface area contributed by atoms with Crippen molar-refractivity contribution in [3.8, 4) is 0 Å². The van der Waals surface area contributed by atoms with Crippen LogP contribution in [-0.4, -0.2) is 29.8 Å². The van der Waals surface area contributed by atoms with Crippen LogP contribution in [0.2, 0.25) is 10.0 Å². The molecule has 186 valence electrons. The molecular formula is C23H25Cl2F4N3O2. The number of rotatable bonds is 5. The van der Waals surface area contributed by atoms with E-state index in [4.69, 9.17) is 33.7 Å². The van der Waals surface area contributed by atoms with Crippen molar-refractivity contribution in [2.45, 2.75) is 57.3 Å². The fourth-order valence-electron chi connectivity index (χ4n) is 4.53. The summed E-state index contributed by atoms with van der Waals surface area (Å²) in [7, 11) is 0. The van der Waals surface area contributed by atoms with E-state index < -0.39 is 47.6 Å². The van der Waals surface area contributed by atoms with E-state index in [0.717, 1.165) is 12.3 Å². The van der Waals surface area contributed by atoms with Gasteiger partial charge in [0.2, 0.25) is 0 Å². The van der Waals surface area contributed by atoms with Crippen LogP contribution in [0.4, 0.5) is 17.6 Å². The van der Waals surface area contributed by atoms with Crippen molar-refractivity contribution < 1.29 is 27.1 Å². The lowest BCUT2D eigenvalue weighted by Gasteiger charge is -2.30. The monoisotopic (exact) mass is 521 g/mol. The molecule has 4 atom stereocenters. The summed E-state index contributed by atoms with van der Waals surface area (Å²) in [6.45, 7) is 5.52. The number of hydrogen-bond donors (Lipinski definition) is 2. The molecule has 11 heteroatoms. The van der Waals surface area contributed by atoms with Gasteiger partial charge in [-0.3, -0.25) is 15.5 Å². The highest BCUT2D eigenvalue weighted by Gasteiger charge is 2.51. The normalized spacial score (nSPS) is 23.2. The maximum atomic E-state index is 15.2. The number of esters is 1. The van der Waals surface area contributed by atoms with Crippen LogP contribution in [0.5, 0.6) is 0 Å². The van der Waals surface area contributed by atoms with E-state index in [9.17, 15) is 18.0 Å². The molecule has 3 N–H and O–H groups in total. The average Bonchev–Trinajstić information content (AvgIpc) is 3.06. The molecule has 1 fully saturated rings. The molecule has 2 aromatic rings. The highest BCUT2D eigenvalue weighted by atomic mass is 35.5. The number of aromatic nitrogens is 1. The third-order valence-corrected chi connectivity index (χ3v) is 6.38. The number of halogens is 6.